The van der Waals surface area contributed by atoms with Crippen LogP contribution in [0.25, 0.3) is 11.4 Å². The highest BCUT2D eigenvalue weighted by Gasteiger charge is 2.09. The van der Waals surface area contributed by atoms with Crippen molar-refractivity contribution in [3.05, 3.63) is 35.7 Å². The van der Waals surface area contributed by atoms with E-state index in [1.807, 2.05) is 24.3 Å². The molecule has 5 heteroatoms. The van der Waals surface area contributed by atoms with E-state index in [-0.39, 0.29) is 0 Å². The largest absolute Gasteiger partial charge is 0.338 e. The van der Waals surface area contributed by atoms with Gasteiger partial charge >= 0.3 is 0 Å². The van der Waals surface area contributed by atoms with Gasteiger partial charge in [-0.2, -0.15) is 16.7 Å². The van der Waals surface area contributed by atoms with E-state index in [4.69, 9.17) is 10.3 Å². The normalized spacial score (nSPS) is 12.6. The molecule has 102 valence electrons. The summed E-state index contributed by atoms with van der Waals surface area (Å²) in [6.45, 7) is 4.91. The van der Waals surface area contributed by atoms with Gasteiger partial charge in [-0.1, -0.05) is 41.9 Å². The Hall–Kier alpha value is -1.33. The summed E-state index contributed by atoms with van der Waals surface area (Å²) in [4.78, 5) is 4.40. The van der Waals surface area contributed by atoms with E-state index in [1.165, 1.54) is 5.56 Å². The third kappa shape index (κ3) is 4.08. The minimum absolute atomic E-state index is 0.518. The molecule has 2 N–H and O–H groups in total. The van der Waals surface area contributed by atoms with Gasteiger partial charge in [0.1, 0.15) is 0 Å². The first-order valence-corrected chi connectivity index (χ1v) is 7.52. The smallest absolute Gasteiger partial charge is 0.236 e. The van der Waals surface area contributed by atoms with E-state index in [2.05, 4.69) is 24.0 Å². The summed E-state index contributed by atoms with van der Waals surface area (Å²) >= 11 is 1.77. The summed E-state index contributed by atoms with van der Waals surface area (Å²) in [5, 5.41) is 4.01. The van der Waals surface area contributed by atoms with Crippen LogP contribution in [0.2, 0.25) is 0 Å². The molecule has 0 radical (unpaired) electrons. The van der Waals surface area contributed by atoms with Crippen molar-refractivity contribution in [2.24, 2.45) is 11.7 Å². The lowest BCUT2D eigenvalue weighted by atomic mass is 10.1. The van der Waals surface area contributed by atoms with Crippen LogP contribution in [-0.2, 0) is 5.75 Å². The van der Waals surface area contributed by atoms with Crippen molar-refractivity contribution in [3.63, 3.8) is 0 Å². The Morgan fingerprint density at radius 1 is 1.32 bits per heavy atom. The molecule has 2 aromatic rings. The quantitative estimate of drug-likeness (QED) is 0.879. The Bertz CT molecular complexity index is 510. The van der Waals surface area contributed by atoms with Crippen molar-refractivity contribution in [2.45, 2.75) is 19.6 Å². The minimum atomic E-state index is 0.518. The molecule has 0 spiro atoms. The molecule has 0 saturated carbocycles. The van der Waals surface area contributed by atoms with E-state index in [0.29, 0.717) is 24.2 Å². The van der Waals surface area contributed by atoms with Gasteiger partial charge in [-0.05, 0) is 25.1 Å². The molecule has 0 aliphatic rings. The minimum Gasteiger partial charge on any atom is -0.338 e. The Labute approximate surface area is 117 Å². The van der Waals surface area contributed by atoms with Crippen LogP contribution in [0, 0.1) is 12.8 Å². The number of nitrogens with two attached hydrogens (primary N) is 1. The summed E-state index contributed by atoms with van der Waals surface area (Å²) in [6, 6.07) is 8.10. The number of rotatable bonds is 6. The summed E-state index contributed by atoms with van der Waals surface area (Å²) < 4.78 is 5.25. The predicted molar refractivity (Wildman–Crippen MR) is 78.9 cm³/mol. The lowest BCUT2D eigenvalue weighted by Crippen LogP contribution is -2.12. The fourth-order valence-electron chi connectivity index (χ4n) is 1.55. The third-order valence-electron chi connectivity index (χ3n) is 2.81. The monoisotopic (exact) mass is 277 g/mol. The van der Waals surface area contributed by atoms with Gasteiger partial charge < -0.3 is 10.3 Å². The number of hydrogen-bond acceptors (Lipinski definition) is 5. The highest BCUT2D eigenvalue weighted by Crippen LogP contribution is 2.19. The molecule has 1 aromatic carbocycles. The maximum Gasteiger partial charge on any atom is 0.236 e. The van der Waals surface area contributed by atoms with Crippen LogP contribution in [0.3, 0.4) is 0 Å². The van der Waals surface area contributed by atoms with E-state index >= 15 is 0 Å². The van der Waals surface area contributed by atoms with Gasteiger partial charge in [-0.3, -0.25) is 0 Å². The molecule has 19 heavy (non-hydrogen) atoms. The number of aryl methyl sites for hydroxylation is 1. The van der Waals surface area contributed by atoms with Gasteiger partial charge in [0, 0.05) is 5.56 Å². The van der Waals surface area contributed by atoms with Gasteiger partial charge in [0.05, 0.1) is 5.75 Å². The molecule has 0 saturated heterocycles. The summed E-state index contributed by atoms with van der Waals surface area (Å²) in [7, 11) is 0. The van der Waals surface area contributed by atoms with Gasteiger partial charge in [-0.25, -0.2) is 0 Å². The van der Waals surface area contributed by atoms with Crippen molar-refractivity contribution in [3.8, 4) is 11.4 Å². The average molecular weight is 277 g/mol. The van der Waals surface area contributed by atoms with Crippen molar-refractivity contribution >= 4 is 11.8 Å². The number of hydrogen-bond donors (Lipinski definition) is 1. The van der Waals surface area contributed by atoms with Gasteiger partial charge in [0.25, 0.3) is 0 Å². The highest BCUT2D eigenvalue weighted by atomic mass is 32.2. The van der Waals surface area contributed by atoms with Crippen LogP contribution in [-0.4, -0.2) is 22.4 Å². The van der Waals surface area contributed by atoms with E-state index in [1.54, 1.807) is 11.8 Å². The maximum atomic E-state index is 5.58. The summed E-state index contributed by atoms with van der Waals surface area (Å²) in [6.07, 6.45) is 0. The standard InChI is InChI=1S/C14H19N3OS/c1-10-3-5-12(6-4-10)14-16-13(18-17-14)9-19-8-11(2)7-15/h3-6,11H,7-9,15H2,1-2H3. The molecule has 1 heterocycles. The van der Waals surface area contributed by atoms with Crippen molar-refractivity contribution in [2.75, 3.05) is 12.3 Å². The van der Waals surface area contributed by atoms with E-state index < -0.39 is 0 Å². The zero-order valence-electron chi connectivity index (χ0n) is 11.3. The highest BCUT2D eigenvalue weighted by molar-refractivity contribution is 7.98. The molecule has 0 bridgehead atoms. The molecular weight excluding hydrogens is 258 g/mol. The fraction of sp³-hybridized carbons (Fsp3) is 0.429. The van der Waals surface area contributed by atoms with Crippen LogP contribution >= 0.6 is 11.8 Å². The average Bonchev–Trinajstić information content (AvgIpc) is 2.88. The molecule has 0 amide bonds. The SMILES string of the molecule is Cc1ccc(-c2noc(CSCC(C)CN)n2)cc1. The molecule has 2 rings (SSSR count). The predicted octanol–water partition coefficient (Wildman–Crippen LogP) is 2.87. The second kappa shape index (κ2) is 6.73. The van der Waals surface area contributed by atoms with Gasteiger partial charge in [-0.15, -0.1) is 0 Å². The summed E-state index contributed by atoms with van der Waals surface area (Å²) in [5.74, 6) is 3.60. The lowest BCUT2D eigenvalue weighted by molar-refractivity contribution is 0.391. The summed E-state index contributed by atoms with van der Waals surface area (Å²) in [5.41, 5.74) is 7.79. The topological polar surface area (TPSA) is 64.9 Å². The Morgan fingerprint density at radius 2 is 2.05 bits per heavy atom. The van der Waals surface area contributed by atoms with Gasteiger partial charge in [0.2, 0.25) is 11.7 Å². The van der Waals surface area contributed by atoms with Crippen LogP contribution in [0.4, 0.5) is 0 Å². The third-order valence-corrected chi connectivity index (χ3v) is 4.06. The Kier molecular flexibility index (Phi) is 4.99. The van der Waals surface area contributed by atoms with Gasteiger partial charge in [0.15, 0.2) is 0 Å². The Morgan fingerprint density at radius 3 is 2.74 bits per heavy atom. The molecule has 1 unspecified atom stereocenters. The first-order chi connectivity index (χ1) is 9.19. The fourth-order valence-corrected chi connectivity index (χ4v) is 2.50. The Balaban J connectivity index is 1.93. The lowest BCUT2D eigenvalue weighted by Gasteiger charge is -2.05. The zero-order valence-corrected chi connectivity index (χ0v) is 12.1. The molecule has 0 aliphatic heterocycles. The zero-order chi connectivity index (χ0) is 13.7. The molecule has 0 fully saturated rings. The maximum absolute atomic E-state index is 5.58. The molecule has 1 aromatic heterocycles. The first kappa shape index (κ1) is 14.1. The van der Waals surface area contributed by atoms with E-state index in [9.17, 15) is 0 Å². The molecule has 4 nitrogen and oxygen atoms in total. The number of thioether (sulfide) groups is 1. The van der Waals surface area contributed by atoms with Crippen molar-refractivity contribution in [1.82, 2.24) is 10.1 Å². The van der Waals surface area contributed by atoms with Crippen LogP contribution in [0.5, 0.6) is 0 Å². The second-order valence-electron chi connectivity index (χ2n) is 4.73. The van der Waals surface area contributed by atoms with Crippen molar-refractivity contribution in [1.29, 1.82) is 0 Å². The van der Waals surface area contributed by atoms with E-state index in [0.717, 1.165) is 17.1 Å². The molecule has 0 aliphatic carbocycles. The number of aromatic nitrogens is 2. The number of nitrogens with zero attached hydrogens (tertiary/aromatic N) is 2. The van der Waals surface area contributed by atoms with Crippen LogP contribution in [0.15, 0.2) is 28.8 Å². The van der Waals surface area contributed by atoms with Crippen molar-refractivity contribution < 1.29 is 4.52 Å². The van der Waals surface area contributed by atoms with Crippen LogP contribution < -0.4 is 5.73 Å². The number of benzene rings is 1. The molecular formula is C14H19N3OS. The van der Waals surface area contributed by atoms with Crippen LogP contribution in [0.1, 0.15) is 18.4 Å². The second-order valence-corrected chi connectivity index (χ2v) is 5.76. The first-order valence-electron chi connectivity index (χ1n) is 6.36. The molecule has 1 atom stereocenters.